The first-order valence-electron chi connectivity index (χ1n) is 10.7. The predicted octanol–water partition coefficient (Wildman–Crippen LogP) is 5.12. The van der Waals surface area contributed by atoms with Crippen molar-refractivity contribution in [3.63, 3.8) is 0 Å². The van der Waals surface area contributed by atoms with Crippen LogP contribution < -0.4 is 20.7 Å². The Balaban J connectivity index is 1.56. The van der Waals surface area contributed by atoms with Crippen molar-refractivity contribution in [3.8, 4) is 5.75 Å². The molecule has 1 fully saturated rings. The fourth-order valence-electron chi connectivity index (χ4n) is 3.60. The molecule has 0 aromatic heterocycles. The second kappa shape index (κ2) is 10.9. The second-order valence-electron chi connectivity index (χ2n) is 8.01. The van der Waals surface area contributed by atoms with Crippen LogP contribution in [0.5, 0.6) is 5.75 Å². The molecule has 0 bridgehead atoms. The van der Waals surface area contributed by atoms with Crippen molar-refractivity contribution < 1.29 is 14.3 Å². The topological polar surface area (TPSA) is 79.5 Å². The van der Waals surface area contributed by atoms with E-state index in [0.717, 1.165) is 25.7 Å². The molecular formula is C24H29N3O3S. The lowest BCUT2D eigenvalue weighted by Crippen LogP contribution is -2.34. The largest absolute Gasteiger partial charge is 0.491 e. The Hall–Kier alpha value is -2.93. The van der Waals surface area contributed by atoms with Crippen LogP contribution in [0, 0.1) is 5.92 Å². The Labute approximate surface area is 188 Å². The first-order chi connectivity index (χ1) is 14.9. The number of ether oxygens (including phenoxy) is 1. The van der Waals surface area contributed by atoms with Gasteiger partial charge >= 0.3 is 0 Å². The molecule has 0 aliphatic heterocycles. The summed E-state index contributed by atoms with van der Waals surface area (Å²) in [7, 11) is 0. The van der Waals surface area contributed by atoms with Crippen molar-refractivity contribution in [2.45, 2.75) is 52.1 Å². The molecule has 2 amide bonds. The van der Waals surface area contributed by atoms with Gasteiger partial charge in [0.2, 0.25) is 5.91 Å². The number of hydrogen-bond donors (Lipinski definition) is 3. The molecule has 164 valence electrons. The summed E-state index contributed by atoms with van der Waals surface area (Å²) in [5.74, 6) is 0.453. The summed E-state index contributed by atoms with van der Waals surface area (Å²) in [5, 5.41) is 8.84. The SMILES string of the molecule is CC(C)Oc1cccc(C(=O)NC(=S)Nc2cccc(NC(=O)C3CCCCC3)c2)c1. The minimum Gasteiger partial charge on any atom is -0.491 e. The Morgan fingerprint density at radius 2 is 1.65 bits per heavy atom. The van der Waals surface area contributed by atoms with Gasteiger partial charge < -0.3 is 15.4 Å². The first kappa shape index (κ1) is 22.7. The van der Waals surface area contributed by atoms with Gasteiger partial charge in [-0.05, 0) is 75.3 Å². The molecule has 6 nitrogen and oxygen atoms in total. The molecule has 3 N–H and O–H groups in total. The van der Waals surface area contributed by atoms with Gasteiger partial charge in [0.15, 0.2) is 5.11 Å². The van der Waals surface area contributed by atoms with E-state index < -0.39 is 0 Å². The Kier molecular flexibility index (Phi) is 8.00. The van der Waals surface area contributed by atoms with Crippen LogP contribution in [0.4, 0.5) is 11.4 Å². The number of benzene rings is 2. The van der Waals surface area contributed by atoms with Gasteiger partial charge in [0, 0.05) is 22.9 Å². The molecule has 2 aromatic carbocycles. The van der Waals surface area contributed by atoms with Crippen LogP contribution in [0.3, 0.4) is 0 Å². The molecule has 1 aliphatic carbocycles. The molecule has 7 heteroatoms. The lowest BCUT2D eigenvalue weighted by molar-refractivity contribution is -0.120. The quantitative estimate of drug-likeness (QED) is 0.545. The number of amides is 2. The Bertz CT molecular complexity index is 939. The molecular weight excluding hydrogens is 410 g/mol. The van der Waals surface area contributed by atoms with Crippen LogP contribution in [0.2, 0.25) is 0 Å². The zero-order valence-corrected chi connectivity index (χ0v) is 18.8. The summed E-state index contributed by atoms with van der Waals surface area (Å²) in [6.07, 6.45) is 5.35. The van der Waals surface area contributed by atoms with Gasteiger partial charge in [-0.3, -0.25) is 14.9 Å². The molecule has 0 saturated heterocycles. The average molecular weight is 440 g/mol. The summed E-state index contributed by atoms with van der Waals surface area (Å²) in [6.45, 7) is 3.86. The normalized spacial score (nSPS) is 14.0. The van der Waals surface area contributed by atoms with Crippen LogP contribution in [-0.2, 0) is 4.79 Å². The smallest absolute Gasteiger partial charge is 0.257 e. The molecule has 0 heterocycles. The summed E-state index contributed by atoms with van der Waals surface area (Å²) in [6, 6.07) is 14.2. The van der Waals surface area contributed by atoms with Crippen LogP contribution >= 0.6 is 12.2 Å². The number of hydrogen-bond acceptors (Lipinski definition) is 4. The van der Waals surface area contributed by atoms with E-state index in [1.54, 1.807) is 30.3 Å². The molecule has 0 radical (unpaired) electrons. The maximum atomic E-state index is 12.5. The van der Waals surface area contributed by atoms with Crippen LogP contribution in [0.1, 0.15) is 56.3 Å². The zero-order valence-electron chi connectivity index (χ0n) is 17.9. The van der Waals surface area contributed by atoms with Crippen LogP contribution in [0.25, 0.3) is 0 Å². The van der Waals surface area contributed by atoms with E-state index in [4.69, 9.17) is 17.0 Å². The number of thiocarbonyl (C=S) groups is 1. The summed E-state index contributed by atoms with van der Waals surface area (Å²) < 4.78 is 5.63. The summed E-state index contributed by atoms with van der Waals surface area (Å²) in [5.41, 5.74) is 1.84. The summed E-state index contributed by atoms with van der Waals surface area (Å²) in [4.78, 5) is 25.0. The van der Waals surface area contributed by atoms with E-state index in [1.807, 2.05) is 32.0 Å². The molecule has 2 aromatic rings. The van der Waals surface area contributed by atoms with Gasteiger partial charge in [0.25, 0.3) is 5.91 Å². The van der Waals surface area contributed by atoms with Crippen molar-refractivity contribution in [1.82, 2.24) is 5.32 Å². The van der Waals surface area contributed by atoms with E-state index >= 15 is 0 Å². The Morgan fingerprint density at radius 3 is 2.35 bits per heavy atom. The van der Waals surface area contributed by atoms with Gasteiger partial charge in [-0.15, -0.1) is 0 Å². The molecule has 31 heavy (non-hydrogen) atoms. The van der Waals surface area contributed by atoms with Gasteiger partial charge in [0.05, 0.1) is 6.10 Å². The standard InChI is InChI=1S/C24H29N3O3S/c1-16(2)30-21-13-6-10-18(14-21)23(29)27-24(31)26-20-12-7-11-19(15-20)25-22(28)17-8-4-3-5-9-17/h6-7,10-17H,3-5,8-9H2,1-2H3,(H,25,28)(H2,26,27,29,31). The minimum absolute atomic E-state index is 0.0203. The van der Waals surface area contributed by atoms with Crippen LogP contribution in [0.15, 0.2) is 48.5 Å². The molecule has 0 spiro atoms. The maximum Gasteiger partial charge on any atom is 0.257 e. The molecule has 0 unspecified atom stereocenters. The van der Waals surface area contributed by atoms with E-state index in [1.165, 1.54) is 6.42 Å². The summed E-state index contributed by atoms with van der Waals surface area (Å²) >= 11 is 5.29. The van der Waals surface area contributed by atoms with E-state index in [-0.39, 0.29) is 28.9 Å². The van der Waals surface area contributed by atoms with Crippen molar-refractivity contribution in [2.75, 3.05) is 10.6 Å². The molecule has 3 rings (SSSR count). The minimum atomic E-state index is -0.325. The number of rotatable bonds is 6. The first-order valence-corrected chi connectivity index (χ1v) is 11.1. The monoisotopic (exact) mass is 439 g/mol. The van der Waals surface area contributed by atoms with Gasteiger partial charge in [-0.25, -0.2) is 0 Å². The molecule has 1 aliphatic rings. The highest BCUT2D eigenvalue weighted by Crippen LogP contribution is 2.25. The van der Waals surface area contributed by atoms with Crippen molar-refractivity contribution in [3.05, 3.63) is 54.1 Å². The number of carbonyl (C=O) groups excluding carboxylic acids is 2. The number of nitrogens with one attached hydrogen (secondary N) is 3. The number of carbonyl (C=O) groups is 2. The van der Waals surface area contributed by atoms with Crippen molar-refractivity contribution in [1.29, 1.82) is 0 Å². The fourth-order valence-corrected chi connectivity index (χ4v) is 3.81. The van der Waals surface area contributed by atoms with Gasteiger partial charge in [-0.2, -0.15) is 0 Å². The highest BCUT2D eigenvalue weighted by atomic mass is 32.1. The van der Waals surface area contributed by atoms with Gasteiger partial charge in [0.1, 0.15) is 5.75 Å². The Morgan fingerprint density at radius 1 is 0.968 bits per heavy atom. The van der Waals surface area contributed by atoms with Crippen LogP contribution in [-0.4, -0.2) is 23.0 Å². The zero-order chi connectivity index (χ0) is 22.2. The van der Waals surface area contributed by atoms with Crippen molar-refractivity contribution in [2.24, 2.45) is 5.92 Å². The third kappa shape index (κ3) is 7.07. The van der Waals surface area contributed by atoms with Gasteiger partial charge in [-0.1, -0.05) is 31.4 Å². The highest BCUT2D eigenvalue weighted by Gasteiger charge is 2.21. The van der Waals surface area contributed by atoms with E-state index in [2.05, 4.69) is 16.0 Å². The predicted molar refractivity (Wildman–Crippen MR) is 128 cm³/mol. The molecule has 0 atom stereocenters. The van der Waals surface area contributed by atoms with E-state index in [9.17, 15) is 9.59 Å². The third-order valence-corrected chi connectivity index (χ3v) is 5.26. The maximum absolute atomic E-state index is 12.5. The average Bonchev–Trinajstić information content (AvgIpc) is 2.74. The second-order valence-corrected chi connectivity index (χ2v) is 8.42. The van der Waals surface area contributed by atoms with Crippen molar-refractivity contribution >= 4 is 40.5 Å². The third-order valence-electron chi connectivity index (χ3n) is 5.06. The van der Waals surface area contributed by atoms with E-state index in [0.29, 0.717) is 22.7 Å². The highest BCUT2D eigenvalue weighted by molar-refractivity contribution is 7.80. The molecule has 1 saturated carbocycles. The fraction of sp³-hybridized carbons (Fsp3) is 0.375. The lowest BCUT2D eigenvalue weighted by atomic mass is 9.88. The number of anilines is 2. The lowest BCUT2D eigenvalue weighted by Gasteiger charge is -2.21.